The number of imidazole rings is 1. The molecule has 0 saturated heterocycles. The number of aliphatic imine (C=N–C) groups is 1. The van der Waals surface area contributed by atoms with E-state index in [1.54, 1.807) is 0 Å². The highest BCUT2D eigenvalue weighted by atomic mass is 15.2. The standard InChI is InChI=1S/C14H25N5/c1-11(2)10-19-7-6-16-13(19)9-18-14(15-3)17-8-12-4-5-12/h6-7,11-12H,4-5,8-10H2,1-3H3,(H2,15,17,18). The Morgan fingerprint density at radius 1 is 1.47 bits per heavy atom. The topological polar surface area (TPSA) is 54.2 Å². The normalized spacial score (nSPS) is 15.9. The number of hydrogen-bond acceptors (Lipinski definition) is 2. The maximum atomic E-state index is 4.40. The van der Waals surface area contributed by atoms with Crippen LogP contribution in [0.5, 0.6) is 0 Å². The molecule has 1 fully saturated rings. The smallest absolute Gasteiger partial charge is 0.191 e. The van der Waals surface area contributed by atoms with E-state index in [1.165, 1.54) is 12.8 Å². The van der Waals surface area contributed by atoms with Gasteiger partial charge in [-0.3, -0.25) is 4.99 Å². The van der Waals surface area contributed by atoms with E-state index in [0.717, 1.165) is 30.8 Å². The molecule has 19 heavy (non-hydrogen) atoms. The van der Waals surface area contributed by atoms with E-state index >= 15 is 0 Å². The summed E-state index contributed by atoms with van der Waals surface area (Å²) in [5.74, 6) is 3.40. The number of hydrogen-bond donors (Lipinski definition) is 2. The minimum Gasteiger partial charge on any atom is -0.356 e. The highest BCUT2D eigenvalue weighted by Crippen LogP contribution is 2.27. The summed E-state index contributed by atoms with van der Waals surface area (Å²) in [6, 6.07) is 0. The molecule has 106 valence electrons. The predicted octanol–water partition coefficient (Wildman–Crippen LogP) is 1.61. The Labute approximate surface area is 115 Å². The lowest BCUT2D eigenvalue weighted by Crippen LogP contribution is -2.38. The van der Waals surface area contributed by atoms with E-state index < -0.39 is 0 Å². The van der Waals surface area contributed by atoms with Crippen LogP contribution in [0.15, 0.2) is 17.4 Å². The molecule has 0 amide bonds. The fourth-order valence-electron chi connectivity index (χ4n) is 2.01. The first kappa shape index (κ1) is 13.9. The molecule has 5 nitrogen and oxygen atoms in total. The molecule has 0 atom stereocenters. The Morgan fingerprint density at radius 2 is 2.26 bits per heavy atom. The van der Waals surface area contributed by atoms with Gasteiger partial charge in [0, 0.05) is 32.5 Å². The van der Waals surface area contributed by atoms with Crippen LogP contribution in [-0.4, -0.2) is 29.1 Å². The average Bonchev–Trinajstić information content (AvgIpc) is 3.10. The van der Waals surface area contributed by atoms with Gasteiger partial charge in [0.1, 0.15) is 5.82 Å². The summed E-state index contributed by atoms with van der Waals surface area (Å²) in [6.07, 6.45) is 6.60. The zero-order valence-corrected chi connectivity index (χ0v) is 12.2. The fourth-order valence-corrected chi connectivity index (χ4v) is 2.01. The molecular formula is C14H25N5. The van der Waals surface area contributed by atoms with Crippen molar-refractivity contribution in [3.63, 3.8) is 0 Å². The van der Waals surface area contributed by atoms with Crippen LogP contribution in [-0.2, 0) is 13.1 Å². The second-order valence-electron chi connectivity index (χ2n) is 5.64. The summed E-state index contributed by atoms with van der Waals surface area (Å²) in [5.41, 5.74) is 0. The summed E-state index contributed by atoms with van der Waals surface area (Å²) in [7, 11) is 1.81. The van der Waals surface area contributed by atoms with Crippen molar-refractivity contribution >= 4 is 5.96 Å². The maximum Gasteiger partial charge on any atom is 0.191 e. The van der Waals surface area contributed by atoms with Crippen LogP contribution >= 0.6 is 0 Å². The Hall–Kier alpha value is -1.52. The lowest BCUT2D eigenvalue weighted by molar-refractivity contribution is 0.503. The van der Waals surface area contributed by atoms with Gasteiger partial charge in [0.15, 0.2) is 5.96 Å². The lowest BCUT2D eigenvalue weighted by atomic mass is 10.2. The molecule has 1 aliphatic rings. The van der Waals surface area contributed by atoms with Gasteiger partial charge in [-0.05, 0) is 24.7 Å². The van der Waals surface area contributed by atoms with Gasteiger partial charge in [-0.25, -0.2) is 4.98 Å². The molecule has 5 heteroatoms. The van der Waals surface area contributed by atoms with Crippen LogP contribution in [0.4, 0.5) is 0 Å². The van der Waals surface area contributed by atoms with E-state index in [-0.39, 0.29) is 0 Å². The molecule has 0 bridgehead atoms. The SMILES string of the molecule is CN=C(NCc1nccn1CC(C)C)NCC1CC1. The molecule has 0 spiro atoms. The zero-order valence-electron chi connectivity index (χ0n) is 12.2. The van der Waals surface area contributed by atoms with Crippen LogP contribution in [0.1, 0.15) is 32.5 Å². The van der Waals surface area contributed by atoms with Crippen LogP contribution in [0.25, 0.3) is 0 Å². The Bertz CT molecular complexity index is 417. The van der Waals surface area contributed by atoms with Crippen molar-refractivity contribution < 1.29 is 0 Å². The van der Waals surface area contributed by atoms with Gasteiger partial charge in [-0.15, -0.1) is 0 Å². The number of nitrogens with zero attached hydrogens (tertiary/aromatic N) is 3. The Morgan fingerprint density at radius 3 is 2.89 bits per heavy atom. The van der Waals surface area contributed by atoms with Gasteiger partial charge in [-0.1, -0.05) is 13.8 Å². The quantitative estimate of drug-likeness (QED) is 0.605. The minimum atomic E-state index is 0.625. The third-order valence-corrected chi connectivity index (χ3v) is 3.26. The number of guanidine groups is 1. The number of rotatable bonds is 6. The highest BCUT2D eigenvalue weighted by molar-refractivity contribution is 5.79. The molecule has 1 aromatic rings. The third-order valence-electron chi connectivity index (χ3n) is 3.26. The second kappa shape index (κ2) is 6.59. The van der Waals surface area contributed by atoms with Crippen molar-refractivity contribution in [3.05, 3.63) is 18.2 Å². The van der Waals surface area contributed by atoms with Gasteiger partial charge in [0.2, 0.25) is 0 Å². The molecule has 0 unspecified atom stereocenters. The van der Waals surface area contributed by atoms with Crippen molar-refractivity contribution in [2.75, 3.05) is 13.6 Å². The largest absolute Gasteiger partial charge is 0.356 e. The van der Waals surface area contributed by atoms with Crippen LogP contribution in [0.2, 0.25) is 0 Å². The van der Waals surface area contributed by atoms with E-state index in [0.29, 0.717) is 12.5 Å². The van der Waals surface area contributed by atoms with Crippen LogP contribution < -0.4 is 10.6 Å². The molecule has 2 N–H and O–H groups in total. The first-order valence-corrected chi connectivity index (χ1v) is 7.13. The van der Waals surface area contributed by atoms with Gasteiger partial charge in [0.25, 0.3) is 0 Å². The molecule has 1 saturated carbocycles. The molecule has 0 aliphatic heterocycles. The van der Waals surface area contributed by atoms with Crippen molar-refractivity contribution in [3.8, 4) is 0 Å². The average molecular weight is 263 g/mol. The van der Waals surface area contributed by atoms with Gasteiger partial charge >= 0.3 is 0 Å². The van der Waals surface area contributed by atoms with E-state index in [2.05, 4.69) is 39.0 Å². The molecule has 0 aromatic carbocycles. The van der Waals surface area contributed by atoms with Crippen LogP contribution in [0.3, 0.4) is 0 Å². The first-order valence-electron chi connectivity index (χ1n) is 7.13. The van der Waals surface area contributed by atoms with Crippen molar-refractivity contribution in [1.29, 1.82) is 0 Å². The van der Waals surface area contributed by atoms with E-state index in [9.17, 15) is 0 Å². The number of aromatic nitrogens is 2. The maximum absolute atomic E-state index is 4.40. The zero-order chi connectivity index (χ0) is 13.7. The van der Waals surface area contributed by atoms with Crippen molar-refractivity contribution in [1.82, 2.24) is 20.2 Å². The third kappa shape index (κ3) is 4.58. The predicted molar refractivity (Wildman–Crippen MR) is 78.0 cm³/mol. The summed E-state index contributed by atoms with van der Waals surface area (Å²) < 4.78 is 2.20. The van der Waals surface area contributed by atoms with E-state index in [4.69, 9.17) is 0 Å². The molecule has 0 radical (unpaired) electrons. The molecule has 1 aliphatic carbocycles. The van der Waals surface area contributed by atoms with E-state index in [1.807, 2.05) is 19.4 Å². The Kier molecular flexibility index (Phi) is 4.82. The monoisotopic (exact) mass is 263 g/mol. The summed E-state index contributed by atoms with van der Waals surface area (Å²) in [4.78, 5) is 8.64. The second-order valence-corrected chi connectivity index (χ2v) is 5.64. The highest BCUT2D eigenvalue weighted by Gasteiger charge is 2.21. The molecule has 1 aromatic heterocycles. The Balaban J connectivity index is 1.81. The van der Waals surface area contributed by atoms with Gasteiger partial charge in [0.05, 0.1) is 6.54 Å². The first-order chi connectivity index (χ1) is 9.19. The van der Waals surface area contributed by atoms with Gasteiger partial charge in [-0.2, -0.15) is 0 Å². The summed E-state index contributed by atoms with van der Waals surface area (Å²) >= 11 is 0. The van der Waals surface area contributed by atoms with Crippen molar-refractivity contribution in [2.45, 2.75) is 39.8 Å². The summed E-state index contributed by atoms with van der Waals surface area (Å²) in [6.45, 7) is 7.18. The molecule has 1 heterocycles. The van der Waals surface area contributed by atoms with Crippen molar-refractivity contribution in [2.24, 2.45) is 16.8 Å². The van der Waals surface area contributed by atoms with Gasteiger partial charge < -0.3 is 15.2 Å². The lowest BCUT2D eigenvalue weighted by Gasteiger charge is -2.13. The van der Waals surface area contributed by atoms with Crippen LogP contribution in [0, 0.1) is 11.8 Å². The minimum absolute atomic E-state index is 0.625. The summed E-state index contributed by atoms with van der Waals surface area (Å²) in [5, 5.41) is 6.68. The molecule has 2 rings (SSSR count). The number of nitrogens with one attached hydrogen (secondary N) is 2. The molecular weight excluding hydrogens is 238 g/mol. The fraction of sp³-hybridized carbons (Fsp3) is 0.714.